The predicted octanol–water partition coefficient (Wildman–Crippen LogP) is 3.83. The molecule has 0 aliphatic heterocycles. The van der Waals surface area contributed by atoms with Gasteiger partial charge in [0.2, 0.25) is 0 Å². The summed E-state index contributed by atoms with van der Waals surface area (Å²) in [5.41, 5.74) is 4.62. The van der Waals surface area contributed by atoms with Crippen LogP contribution in [-0.4, -0.2) is 23.3 Å². The molecule has 0 atom stereocenters. The lowest BCUT2D eigenvalue weighted by atomic mass is 10.1. The first-order chi connectivity index (χ1) is 9.49. The molecule has 4 heteroatoms. The molecule has 0 aliphatic carbocycles. The van der Waals surface area contributed by atoms with Crippen LogP contribution in [0.15, 0.2) is 24.3 Å². The molecule has 0 saturated heterocycles. The van der Waals surface area contributed by atoms with Crippen molar-refractivity contribution in [2.75, 3.05) is 13.0 Å². The number of aromatic nitrogens is 1. The van der Waals surface area contributed by atoms with Crippen molar-refractivity contribution in [1.82, 2.24) is 4.57 Å². The van der Waals surface area contributed by atoms with Crippen molar-refractivity contribution in [1.29, 1.82) is 0 Å². The number of rotatable bonds is 4. The van der Waals surface area contributed by atoms with Crippen molar-refractivity contribution >= 4 is 17.4 Å². The van der Waals surface area contributed by atoms with Gasteiger partial charge in [-0.25, -0.2) is 0 Å². The van der Waals surface area contributed by atoms with E-state index in [9.17, 15) is 4.79 Å². The second kappa shape index (κ2) is 5.71. The minimum atomic E-state index is -0.0577. The van der Waals surface area contributed by atoms with Gasteiger partial charge in [-0.1, -0.05) is 6.07 Å². The van der Waals surface area contributed by atoms with Crippen LogP contribution in [0.2, 0.25) is 0 Å². The number of carbonyl (C=O) groups excluding carboxylic acids is 1. The van der Waals surface area contributed by atoms with E-state index < -0.39 is 0 Å². The molecule has 1 heterocycles. The van der Waals surface area contributed by atoms with E-state index in [1.54, 1.807) is 7.11 Å². The van der Waals surface area contributed by atoms with Crippen molar-refractivity contribution in [3.05, 3.63) is 46.8 Å². The van der Waals surface area contributed by atoms with Crippen LogP contribution >= 0.6 is 11.6 Å². The summed E-state index contributed by atoms with van der Waals surface area (Å²) < 4.78 is 7.46. The van der Waals surface area contributed by atoms with Gasteiger partial charge in [-0.3, -0.25) is 4.79 Å². The Morgan fingerprint density at radius 1 is 1.25 bits per heavy atom. The van der Waals surface area contributed by atoms with Crippen LogP contribution in [0.5, 0.6) is 5.75 Å². The molecule has 0 bridgehead atoms. The number of aryl methyl sites for hydroxylation is 2. The fraction of sp³-hybridized carbons (Fsp3) is 0.312. The van der Waals surface area contributed by atoms with E-state index in [1.165, 1.54) is 0 Å². The number of hydrogen-bond donors (Lipinski definition) is 0. The van der Waals surface area contributed by atoms with Gasteiger partial charge < -0.3 is 9.30 Å². The number of alkyl halides is 1. The van der Waals surface area contributed by atoms with Crippen molar-refractivity contribution < 1.29 is 9.53 Å². The molecule has 0 aliphatic rings. The summed E-state index contributed by atoms with van der Waals surface area (Å²) in [7, 11) is 1.65. The highest BCUT2D eigenvalue weighted by molar-refractivity contribution is 6.30. The van der Waals surface area contributed by atoms with E-state index in [-0.39, 0.29) is 11.7 Å². The van der Waals surface area contributed by atoms with Crippen LogP contribution < -0.4 is 4.74 Å². The Balaban J connectivity index is 2.67. The van der Waals surface area contributed by atoms with Gasteiger partial charge in [0.1, 0.15) is 5.75 Å². The first-order valence-electron chi connectivity index (χ1n) is 6.42. The maximum atomic E-state index is 11.9. The maximum absolute atomic E-state index is 11.9. The molecule has 0 unspecified atom stereocenters. The van der Waals surface area contributed by atoms with Crippen molar-refractivity contribution in [2.24, 2.45) is 0 Å². The lowest BCUT2D eigenvalue weighted by molar-refractivity contribution is 0.102. The Morgan fingerprint density at radius 2 is 1.95 bits per heavy atom. The number of hydrogen-bond acceptors (Lipinski definition) is 2. The first-order valence-corrected chi connectivity index (χ1v) is 6.96. The Hall–Kier alpha value is -1.74. The molecule has 0 spiro atoms. The van der Waals surface area contributed by atoms with E-state index >= 15 is 0 Å². The monoisotopic (exact) mass is 291 g/mol. The van der Waals surface area contributed by atoms with E-state index in [0.29, 0.717) is 5.56 Å². The number of halogens is 1. The number of Topliss-reactive ketones (excluding diaryl/α,β-unsaturated/α-hetero) is 1. The number of benzene rings is 1. The standard InChI is InChI=1S/C16H18ClNO2/c1-10-5-6-16(20-4)14(7-10)18-11(2)8-13(12(18)3)15(19)9-17/h5-8H,9H2,1-4H3. The molecule has 106 valence electrons. The highest BCUT2D eigenvalue weighted by Crippen LogP contribution is 2.29. The smallest absolute Gasteiger partial charge is 0.179 e. The van der Waals surface area contributed by atoms with Gasteiger partial charge in [0.15, 0.2) is 5.78 Å². The summed E-state index contributed by atoms with van der Waals surface area (Å²) in [5, 5.41) is 0. The summed E-state index contributed by atoms with van der Waals surface area (Å²) in [5.74, 6) is 0.717. The van der Waals surface area contributed by atoms with Gasteiger partial charge >= 0.3 is 0 Å². The zero-order chi connectivity index (χ0) is 14.9. The van der Waals surface area contributed by atoms with Gasteiger partial charge in [0.25, 0.3) is 0 Å². The summed E-state index contributed by atoms with van der Waals surface area (Å²) in [4.78, 5) is 11.9. The third kappa shape index (κ3) is 2.46. The lowest BCUT2D eigenvalue weighted by Crippen LogP contribution is -2.05. The van der Waals surface area contributed by atoms with Crippen molar-refractivity contribution in [3.63, 3.8) is 0 Å². The molecule has 3 nitrogen and oxygen atoms in total. The van der Waals surface area contributed by atoms with Crippen LogP contribution in [0.3, 0.4) is 0 Å². The number of carbonyl (C=O) groups is 1. The summed E-state index contributed by atoms with van der Waals surface area (Å²) >= 11 is 5.67. The molecular formula is C16H18ClNO2. The molecule has 2 rings (SSSR count). The van der Waals surface area contributed by atoms with E-state index in [2.05, 4.69) is 0 Å². The Kier molecular flexibility index (Phi) is 4.19. The van der Waals surface area contributed by atoms with Gasteiger partial charge in [-0.2, -0.15) is 0 Å². The summed E-state index contributed by atoms with van der Waals surface area (Å²) in [6.45, 7) is 5.93. The fourth-order valence-electron chi connectivity index (χ4n) is 2.46. The van der Waals surface area contributed by atoms with E-state index in [4.69, 9.17) is 16.3 Å². The minimum Gasteiger partial charge on any atom is -0.495 e. The maximum Gasteiger partial charge on any atom is 0.179 e. The summed E-state index contributed by atoms with van der Waals surface area (Å²) in [6, 6.07) is 7.86. The average Bonchev–Trinajstić information content (AvgIpc) is 2.73. The molecule has 0 fully saturated rings. The third-order valence-electron chi connectivity index (χ3n) is 3.43. The second-order valence-corrected chi connectivity index (χ2v) is 5.12. The average molecular weight is 292 g/mol. The van der Waals surface area contributed by atoms with Crippen molar-refractivity contribution in [2.45, 2.75) is 20.8 Å². The zero-order valence-electron chi connectivity index (χ0n) is 12.2. The van der Waals surface area contributed by atoms with Crippen molar-refractivity contribution in [3.8, 4) is 11.4 Å². The molecule has 0 radical (unpaired) electrons. The Bertz CT molecular complexity index is 659. The highest BCUT2D eigenvalue weighted by atomic mass is 35.5. The lowest BCUT2D eigenvalue weighted by Gasteiger charge is -2.14. The van der Waals surface area contributed by atoms with E-state index in [1.807, 2.05) is 49.6 Å². The van der Waals surface area contributed by atoms with Gasteiger partial charge in [-0.15, -0.1) is 11.6 Å². The van der Waals surface area contributed by atoms with Crippen LogP contribution in [-0.2, 0) is 0 Å². The quantitative estimate of drug-likeness (QED) is 0.633. The molecule has 0 N–H and O–H groups in total. The minimum absolute atomic E-state index is 0.00472. The normalized spacial score (nSPS) is 10.7. The largest absolute Gasteiger partial charge is 0.495 e. The molecule has 2 aromatic rings. The fourth-order valence-corrected chi connectivity index (χ4v) is 2.61. The molecule has 0 amide bonds. The third-order valence-corrected chi connectivity index (χ3v) is 3.67. The molecule has 1 aromatic carbocycles. The Morgan fingerprint density at radius 3 is 2.55 bits per heavy atom. The predicted molar refractivity (Wildman–Crippen MR) is 81.6 cm³/mol. The number of ketones is 1. The SMILES string of the molecule is COc1ccc(C)cc1-n1c(C)cc(C(=O)CCl)c1C. The second-order valence-electron chi connectivity index (χ2n) is 4.85. The number of ether oxygens (including phenoxy) is 1. The highest BCUT2D eigenvalue weighted by Gasteiger charge is 2.17. The topological polar surface area (TPSA) is 31.2 Å². The van der Waals surface area contributed by atoms with E-state index in [0.717, 1.165) is 28.4 Å². The van der Waals surface area contributed by atoms with Gasteiger partial charge in [-0.05, 0) is 44.5 Å². The van der Waals surface area contributed by atoms with Gasteiger partial charge in [0, 0.05) is 17.0 Å². The van der Waals surface area contributed by atoms with Gasteiger partial charge in [0.05, 0.1) is 18.7 Å². The Labute approximate surface area is 124 Å². The summed E-state index contributed by atoms with van der Waals surface area (Å²) in [6.07, 6.45) is 0. The zero-order valence-corrected chi connectivity index (χ0v) is 12.9. The first kappa shape index (κ1) is 14.7. The van der Waals surface area contributed by atoms with Crippen LogP contribution in [0.4, 0.5) is 0 Å². The van der Waals surface area contributed by atoms with Crippen LogP contribution in [0.25, 0.3) is 5.69 Å². The van der Waals surface area contributed by atoms with Crippen LogP contribution in [0, 0.1) is 20.8 Å². The molecular weight excluding hydrogens is 274 g/mol. The molecule has 20 heavy (non-hydrogen) atoms. The number of nitrogens with zero attached hydrogens (tertiary/aromatic N) is 1. The van der Waals surface area contributed by atoms with Crippen LogP contribution in [0.1, 0.15) is 27.3 Å². The molecule has 1 aromatic heterocycles. The molecule has 0 saturated carbocycles. The number of methoxy groups -OCH3 is 1.